The second-order valence-electron chi connectivity index (χ2n) is 12.3. The van der Waals surface area contributed by atoms with Gasteiger partial charge in [0.05, 0.1) is 34.7 Å². The summed E-state index contributed by atoms with van der Waals surface area (Å²) >= 11 is 0. The van der Waals surface area contributed by atoms with Crippen molar-refractivity contribution in [3.05, 3.63) is 107 Å². The molecule has 0 atom stereocenters. The average molecular weight is 654 g/mol. The number of aromatic nitrogens is 7. The molecule has 3 N–H and O–H groups in total. The van der Waals surface area contributed by atoms with Gasteiger partial charge in [-0.15, -0.1) is 0 Å². The molecule has 49 heavy (non-hydrogen) atoms. The van der Waals surface area contributed by atoms with Crippen molar-refractivity contribution in [2.45, 2.75) is 44.3 Å². The van der Waals surface area contributed by atoms with Gasteiger partial charge in [-0.1, -0.05) is 36.4 Å². The maximum absolute atomic E-state index is 13.8. The number of hydrogen-bond acceptors (Lipinski definition) is 8. The Morgan fingerprint density at radius 1 is 0.980 bits per heavy atom. The van der Waals surface area contributed by atoms with Crippen molar-refractivity contribution in [1.82, 2.24) is 39.6 Å². The van der Waals surface area contributed by atoms with Crippen molar-refractivity contribution < 1.29 is 4.79 Å². The van der Waals surface area contributed by atoms with Gasteiger partial charge in [0.25, 0.3) is 0 Å². The van der Waals surface area contributed by atoms with Crippen molar-refractivity contribution in [2.24, 2.45) is 14.1 Å². The first-order chi connectivity index (χ1) is 23.9. The Hall–Kier alpha value is -6.29. The molecule has 1 aliphatic rings. The van der Waals surface area contributed by atoms with Gasteiger partial charge in [-0.25, -0.2) is 24.5 Å². The van der Waals surface area contributed by atoms with Crippen LogP contribution in [0.3, 0.4) is 0 Å². The molecule has 13 heteroatoms. The third kappa shape index (κ3) is 6.62. The highest BCUT2D eigenvalue weighted by atomic mass is 16.2. The first-order valence-corrected chi connectivity index (χ1v) is 16.1. The summed E-state index contributed by atoms with van der Waals surface area (Å²) < 4.78 is 3.27. The molecule has 2 aromatic carbocycles. The maximum atomic E-state index is 13.8. The molecule has 4 aromatic heterocycles. The molecule has 0 unspecified atom stereocenters. The number of nitrogens with one attached hydrogen (secondary N) is 3. The van der Waals surface area contributed by atoms with Crippen LogP contribution in [0.2, 0.25) is 0 Å². The van der Waals surface area contributed by atoms with Crippen LogP contribution >= 0.6 is 0 Å². The van der Waals surface area contributed by atoms with E-state index in [4.69, 9.17) is 9.97 Å². The standard InChI is InChI=1S/C36H35N11O2/c1-45-22-27(21-41-45)25-9-15-32(38-19-25)47(35(48)40-18-23-6-4-3-5-7-23)29-12-10-28(11-13-29)42-34-39-20-26(17-37)33(44-34)24-8-14-30-31(16-24)46(2)36(49)43-30/h3-9,14-16,19-22,28-29H,10-13,18H2,1-2H3,(H,40,48)(H,43,49)(H,39,42,44). The molecule has 1 aliphatic carbocycles. The van der Waals surface area contributed by atoms with E-state index in [9.17, 15) is 14.9 Å². The van der Waals surface area contributed by atoms with Crippen molar-refractivity contribution in [1.29, 1.82) is 5.26 Å². The van der Waals surface area contributed by atoms with Gasteiger partial charge < -0.3 is 15.6 Å². The van der Waals surface area contributed by atoms with E-state index in [1.165, 1.54) is 10.8 Å². The minimum Gasteiger partial charge on any atom is -0.351 e. The van der Waals surface area contributed by atoms with E-state index in [2.05, 4.69) is 31.8 Å². The minimum absolute atomic E-state index is 0.0669. The summed E-state index contributed by atoms with van der Waals surface area (Å²) in [5, 5.41) is 20.6. The largest absolute Gasteiger partial charge is 0.351 e. The number of aryl methyl sites for hydroxylation is 2. The van der Waals surface area contributed by atoms with Crippen LogP contribution in [0.25, 0.3) is 33.4 Å². The number of carbonyl (C=O) groups is 1. The number of benzene rings is 2. The fourth-order valence-electron chi connectivity index (χ4n) is 6.37. The molecular formula is C36H35N11O2. The van der Waals surface area contributed by atoms with Crippen LogP contribution < -0.4 is 21.2 Å². The molecule has 4 heterocycles. The molecular weight excluding hydrogens is 618 g/mol. The van der Waals surface area contributed by atoms with Crippen LogP contribution in [0.1, 0.15) is 36.8 Å². The van der Waals surface area contributed by atoms with E-state index < -0.39 is 0 Å². The monoisotopic (exact) mass is 653 g/mol. The average Bonchev–Trinajstić information content (AvgIpc) is 3.70. The molecule has 1 fully saturated rings. The van der Waals surface area contributed by atoms with E-state index in [0.717, 1.165) is 47.9 Å². The Balaban J connectivity index is 1.07. The molecule has 0 spiro atoms. The molecule has 246 valence electrons. The zero-order chi connectivity index (χ0) is 33.9. The van der Waals surface area contributed by atoms with Crippen LogP contribution in [0.15, 0.2) is 90.2 Å². The van der Waals surface area contributed by atoms with Crippen LogP contribution in [-0.4, -0.2) is 52.4 Å². The molecule has 13 nitrogen and oxygen atoms in total. The molecule has 6 aromatic rings. The Morgan fingerprint density at radius 3 is 2.49 bits per heavy atom. The Morgan fingerprint density at radius 2 is 1.78 bits per heavy atom. The SMILES string of the molecule is Cn1cc(-c2ccc(N(C(=O)NCc3ccccc3)C3CCC(Nc4ncc(C#N)c(-c5ccc6[nH]c(=O)n(C)c6c5)n4)CC3)nc2)cn1. The number of H-pyrrole nitrogens is 1. The van der Waals surface area contributed by atoms with Crippen molar-refractivity contribution in [2.75, 3.05) is 10.2 Å². The van der Waals surface area contributed by atoms with Crippen LogP contribution in [0, 0.1) is 11.3 Å². The number of urea groups is 1. The summed E-state index contributed by atoms with van der Waals surface area (Å²) in [6.45, 7) is 0.409. The van der Waals surface area contributed by atoms with Crippen LogP contribution in [0.4, 0.5) is 16.6 Å². The highest BCUT2D eigenvalue weighted by Gasteiger charge is 2.31. The fraction of sp³-hybridized carbons (Fsp3) is 0.250. The van der Waals surface area contributed by atoms with Gasteiger partial charge in [0.1, 0.15) is 11.9 Å². The lowest BCUT2D eigenvalue weighted by Gasteiger charge is -2.36. The smallest absolute Gasteiger partial charge is 0.326 e. The predicted molar refractivity (Wildman–Crippen MR) is 187 cm³/mol. The van der Waals surface area contributed by atoms with Crippen LogP contribution in [-0.2, 0) is 20.6 Å². The van der Waals surface area contributed by atoms with Crippen LogP contribution in [0.5, 0.6) is 0 Å². The van der Waals surface area contributed by atoms with E-state index in [1.807, 2.05) is 73.9 Å². The zero-order valence-electron chi connectivity index (χ0n) is 27.2. The number of fused-ring (bicyclic) bond motifs is 1. The van der Waals surface area contributed by atoms with E-state index in [1.54, 1.807) is 29.0 Å². The van der Waals surface area contributed by atoms with Gasteiger partial charge in [0.15, 0.2) is 0 Å². The number of nitriles is 1. The fourth-order valence-corrected chi connectivity index (χ4v) is 6.37. The van der Waals surface area contributed by atoms with E-state index >= 15 is 0 Å². The molecule has 1 saturated carbocycles. The second kappa shape index (κ2) is 13.4. The summed E-state index contributed by atoms with van der Waals surface area (Å²) in [7, 11) is 3.57. The van der Waals surface area contributed by atoms with E-state index in [0.29, 0.717) is 40.6 Å². The lowest BCUT2D eigenvalue weighted by atomic mass is 9.90. The molecule has 0 bridgehead atoms. The van der Waals surface area contributed by atoms with Crippen molar-refractivity contribution >= 4 is 28.8 Å². The number of hydrogen-bond donors (Lipinski definition) is 3. The molecule has 7 rings (SSSR count). The highest BCUT2D eigenvalue weighted by Crippen LogP contribution is 2.31. The van der Waals surface area contributed by atoms with Crippen molar-refractivity contribution in [3.63, 3.8) is 0 Å². The Labute approximate surface area is 282 Å². The van der Waals surface area contributed by atoms with Crippen molar-refractivity contribution in [3.8, 4) is 28.5 Å². The highest BCUT2D eigenvalue weighted by molar-refractivity contribution is 5.92. The number of pyridine rings is 1. The lowest BCUT2D eigenvalue weighted by molar-refractivity contribution is 0.240. The molecule has 0 saturated heterocycles. The van der Waals surface area contributed by atoms with Gasteiger partial charge in [0, 0.05) is 61.8 Å². The zero-order valence-corrected chi connectivity index (χ0v) is 27.2. The summed E-state index contributed by atoms with van der Waals surface area (Å²) in [4.78, 5) is 44.4. The third-order valence-corrected chi connectivity index (χ3v) is 9.02. The first-order valence-electron chi connectivity index (χ1n) is 16.1. The summed E-state index contributed by atoms with van der Waals surface area (Å²) in [6.07, 6.45) is 10.1. The number of imidazole rings is 1. The van der Waals surface area contributed by atoms with Gasteiger partial charge in [-0.3, -0.25) is 14.1 Å². The molecule has 0 aliphatic heterocycles. The number of rotatable bonds is 8. The maximum Gasteiger partial charge on any atom is 0.326 e. The van der Waals surface area contributed by atoms with Gasteiger partial charge >= 0.3 is 11.7 Å². The number of anilines is 2. The Kier molecular flexibility index (Phi) is 8.59. The third-order valence-electron chi connectivity index (χ3n) is 9.02. The van der Waals surface area contributed by atoms with Gasteiger partial charge in [-0.05, 0) is 55.5 Å². The Bertz CT molecular complexity index is 2210. The van der Waals surface area contributed by atoms with Gasteiger partial charge in [0.2, 0.25) is 5.95 Å². The topological polar surface area (TPSA) is 162 Å². The summed E-state index contributed by atoms with van der Waals surface area (Å²) in [5.41, 5.74) is 5.66. The summed E-state index contributed by atoms with van der Waals surface area (Å²) in [6, 6.07) is 21.2. The molecule has 2 amide bonds. The first kappa shape index (κ1) is 31.3. The second-order valence-corrected chi connectivity index (χ2v) is 12.3. The lowest BCUT2D eigenvalue weighted by Crippen LogP contribution is -2.49. The quantitative estimate of drug-likeness (QED) is 0.204. The minimum atomic E-state index is -0.210. The number of carbonyl (C=O) groups excluding carboxylic acids is 1. The number of amides is 2. The molecule has 0 radical (unpaired) electrons. The predicted octanol–water partition coefficient (Wildman–Crippen LogP) is 5.13. The number of aromatic amines is 1. The summed E-state index contributed by atoms with van der Waals surface area (Å²) in [5.74, 6) is 1.01. The number of nitrogens with zero attached hydrogens (tertiary/aromatic N) is 8. The van der Waals surface area contributed by atoms with Gasteiger partial charge in [-0.2, -0.15) is 10.4 Å². The normalized spacial score (nSPS) is 15.9. The van der Waals surface area contributed by atoms with E-state index in [-0.39, 0.29) is 23.8 Å².